The van der Waals surface area contributed by atoms with Gasteiger partial charge in [-0.2, -0.15) is 0 Å². The van der Waals surface area contributed by atoms with E-state index in [0.29, 0.717) is 17.4 Å². The maximum absolute atomic E-state index is 11.9. The SMILES string of the molecule is CCCCCCCCCCCCCCCCCCCCCCCC(=O)NCCC[N+](C)(C)CC(=O)O. The Hall–Kier alpha value is -1.10. The van der Waals surface area contributed by atoms with E-state index in [1.807, 2.05) is 14.1 Å². The first kappa shape index (κ1) is 34.9. The molecule has 0 saturated carbocycles. The van der Waals surface area contributed by atoms with E-state index in [0.717, 1.165) is 25.8 Å². The lowest BCUT2D eigenvalue weighted by atomic mass is 10.0. The number of aliphatic carboxylic acids is 1. The number of carboxylic acids is 1. The zero-order valence-corrected chi connectivity index (χ0v) is 24.6. The number of likely N-dealkylation sites (N-methyl/N-ethyl adjacent to an activating group) is 1. The minimum absolute atomic E-state index is 0.118. The van der Waals surface area contributed by atoms with Crippen molar-refractivity contribution in [3.05, 3.63) is 0 Å². The molecule has 0 atom stereocenters. The van der Waals surface area contributed by atoms with Gasteiger partial charge in [-0.05, 0) is 6.42 Å². The van der Waals surface area contributed by atoms with Gasteiger partial charge in [0.1, 0.15) is 0 Å². The molecule has 5 heteroatoms. The second kappa shape index (κ2) is 25.5. The molecule has 0 spiro atoms. The molecule has 214 valence electrons. The Balaban J connectivity index is 3.24. The lowest BCUT2D eigenvalue weighted by Gasteiger charge is -2.27. The number of carbonyl (C=O) groups excluding carboxylic acids is 1. The van der Waals surface area contributed by atoms with Gasteiger partial charge in [-0.3, -0.25) is 4.79 Å². The van der Waals surface area contributed by atoms with E-state index in [4.69, 9.17) is 5.11 Å². The van der Waals surface area contributed by atoms with Gasteiger partial charge in [0.2, 0.25) is 5.91 Å². The van der Waals surface area contributed by atoms with Gasteiger partial charge in [0.05, 0.1) is 20.6 Å². The second-order valence-corrected chi connectivity index (χ2v) is 11.7. The van der Waals surface area contributed by atoms with Crippen LogP contribution in [0, 0.1) is 0 Å². The Labute approximate surface area is 224 Å². The van der Waals surface area contributed by atoms with Gasteiger partial charge in [0, 0.05) is 19.4 Å². The molecule has 0 heterocycles. The Morgan fingerprint density at radius 2 is 0.944 bits per heavy atom. The van der Waals surface area contributed by atoms with E-state index < -0.39 is 5.97 Å². The maximum atomic E-state index is 11.9. The van der Waals surface area contributed by atoms with Gasteiger partial charge in [-0.15, -0.1) is 0 Å². The average molecular weight is 512 g/mol. The fourth-order valence-corrected chi connectivity index (χ4v) is 4.99. The molecular weight excluding hydrogens is 448 g/mol. The summed E-state index contributed by atoms with van der Waals surface area (Å²) in [7, 11) is 3.83. The summed E-state index contributed by atoms with van der Waals surface area (Å²) in [5.41, 5.74) is 0. The predicted octanol–water partition coefficient (Wildman–Crippen LogP) is 8.26. The average Bonchev–Trinajstić information content (AvgIpc) is 2.82. The minimum atomic E-state index is -0.779. The molecule has 2 N–H and O–H groups in total. The van der Waals surface area contributed by atoms with Crippen LogP contribution in [0.15, 0.2) is 0 Å². The Kier molecular flexibility index (Phi) is 24.8. The van der Waals surface area contributed by atoms with Crippen LogP contribution in [0.2, 0.25) is 0 Å². The van der Waals surface area contributed by atoms with Crippen molar-refractivity contribution in [2.24, 2.45) is 0 Å². The molecule has 0 saturated heterocycles. The number of hydrogen-bond donors (Lipinski definition) is 2. The van der Waals surface area contributed by atoms with Crippen molar-refractivity contribution >= 4 is 11.9 Å². The number of quaternary nitrogens is 1. The van der Waals surface area contributed by atoms with Crippen LogP contribution in [0.4, 0.5) is 0 Å². The van der Waals surface area contributed by atoms with Crippen LogP contribution >= 0.6 is 0 Å². The molecule has 36 heavy (non-hydrogen) atoms. The fraction of sp³-hybridized carbons (Fsp3) is 0.935. The highest BCUT2D eigenvalue weighted by Gasteiger charge is 2.18. The first-order chi connectivity index (χ1) is 17.4. The van der Waals surface area contributed by atoms with Crippen LogP contribution < -0.4 is 5.32 Å². The summed E-state index contributed by atoms with van der Waals surface area (Å²) in [6.07, 6.45) is 30.3. The van der Waals surface area contributed by atoms with Gasteiger partial charge in [0.25, 0.3) is 0 Å². The molecule has 0 unspecified atom stereocenters. The first-order valence-corrected chi connectivity index (χ1v) is 15.7. The number of nitrogens with zero attached hydrogens (tertiary/aromatic N) is 1. The van der Waals surface area contributed by atoms with E-state index >= 15 is 0 Å². The van der Waals surface area contributed by atoms with Crippen molar-refractivity contribution in [3.8, 4) is 0 Å². The molecule has 0 radical (unpaired) electrons. The zero-order valence-electron chi connectivity index (χ0n) is 24.6. The molecule has 0 aromatic heterocycles. The van der Waals surface area contributed by atoms with Crippen molar-refractivity contribution in [2.45, 2.75) is 155 Å². The summed E-state index contributed by atoms with van der Waals surface area (Å²) >= 11 is 0. The number of carbonyl (C=O) groups is 2. The predicted molar refractivity (Wildman–Crippen MR) is 154 cm³/mol. The molecule has 0 aliphatic heterocycles. The number of rotatable bonds is 28. The third-order valence-corrected chi connectivity index (χ3v) is 7.33. The molecule has 0 aromatic rings. The van der Waals surface area contributed by atoms with Gasteiger partial charge < -0.3 is 14.9 Å². The van der Waals surface area contributed by atoms with Crippen LogP contribution in [0.5, 0.6) is 0 Å². The van der Waals surface area contributed by atoms with Gasteiger partial charge in [-0.1, -0.05) is 135 Å². The number of unbranched alkanes of at least 4 members (excludes halogenated alkanes) is 20. The van der Waals surface area contributed by atoms with Crippen molar-refractivity contribution in [1.29, 1.82) is 0 Å². The quantitative estimate of drug-likeness (QED) is 0.0820. The molecule has 5 nitrogen and oxygen atoms in total. The van der Waals surface area contributed by atoms with Crippen molar-refractivity contribution < 1.29 is 19.2 Å². The molecule has 1 amide bonds. The number of nitrogens with one attached hydrogen (secondary N) is 1. The highest BCUT2D eigenvalue weighted by molar-refractivity contribution is 5.75. The molecule has 0 rings (SSSR count). The molecule has 0 aromatic carbocycles. The largest absolute Gasteiger partial charge is 0.477 e. The van der Waals surface area contributed by atoms with E-state index in [2.05, 4.69) is 12.2 Å². The van der Waals surface area contributed by atoms with Crippen LogP contribution in [-0.4, -0.2) is 55.2 Å². The lowest BCUT2D eigenvalue weighted by Crippen LogP contribution is -2.45. The van der Waals surface area contributed by atoms with Crippen LogP contribution in [0.1, 0.15) is 155 Å². The fourth-order valence-electron chi connectivity index (χ4n) is 4.99. The summed E-state index contributed by atoms with van der Waals surface area (Å²) < 4.78 is 0.449. The summed E-state index contributed by atoms with van der Waals surface area (Å²) in [4.78, 5) is 22.8. The van der Waals surface area contributed by atoms with Crippen LogP contribution in [0.25, 0.3) is 0 Å². The third-order valence-electron chi connectivity index (χ3n) is 7.33. The van der Waals surface area contributed by atoms with Gasteiger partial charge >= 0.3 is 5.97 Å². The molecule has 0 bridgehead atoms. The maximum Gasteiger partial charge on any atom is 0.359 e. The molecular formula is C31H63N2O3+. The van der Waals surface area contributed by atoms with Gasteiger partial charge in [0.15, 0.2) is 6.54 Å². The summed E-state index contributed by atoms with van der Waals surface area (Å²) in [6.45, 7) is 3.80. The van der Waals surface area contributed by atoms with Crippen molar-refractivity contribution in [3.63, 3.8) is 0 Å². The summed E-state index contributed by atoms with van der Waals surface area (Å²) in [5, 5.41) is 11.9. The number of amides is 1. The summed E-state index contributed by atoms with van der Waals surface area (Å²) in [5.74, 6) is -0.643. The van der Waals surface area contributed by atoms with Crippen molar-refractivity contribution in [2.75, 3.05) is 33.7 Å². The monoisotopic (exact) mass is 511 g/mol. The highest BCUT2D eigenvalue weighted by Crippen LogP contribution is 2.15. The Morgan fingerprint density at radius 1 is 0.583 bits per heavy atom. The minimum Gasteiger partial charge on any atom is -0.477 e. The van der Waals surface area contributed by atoms with E-state index in [1.165, 1.54) is 122 Å². The molecule has 0 fully saturated rings. The van der Waals surface area contributed by atoms with Crippen molar-refractivity contribution in [1.82, 2.24) is 5.32 Å². The lowest BCUT2D eigenvalue weighted by molar-refractivity contribution is -0.883. The standard InChI is InChI=1S/C31H62N2O3/c1-4-5-6-7-8-9-10-11-12-13-14-15-16-17-18-19-20-21-22-23-24-26-30(34)32-27-25-28-33(2,3)29-31(35)36/h4-29H2,1-3H3,(H-,32,34,35,36)/p+1. The Morgan fingerprint density at radius 3 is 1.31 bits per heavy atom. The zero-order chi connectivity index (χ0) is 26.7. The smallest absolute Gasteiger partial charge is 0.359 e. The normalized spacial score (nSPS) is 11.6. The number of hydrogen-bond acceptors (Lipinski definition) is 2. The van der Waals surface area contributed by atoms with Crippen LogP contribution in [-0.2, 0) is 9.59 Å². The van der Waals surface area contributed by atoms with Crippen LogP contribution in [0.3, 0.4) is 0 Å². The van der Waals surface area contributed by atoms with Gasteiger partial charge in [-0.25, -0.2) is 4.79 Å². The highest BCUT2D eigenvalue weighted by atomic mass is 16.4. The van der Waals surface area contributed by atoms with E-state index in [-0.39, 0.29) is 12.5 Å². The molecule has 0 aliphatic rings. The van der Waals surface area contributed by atoms with E-state index in [9.17, 15) is 9.59 Å². The molecule has 0 aliphatic carbocycles. The van der Waals surface area contributed by atoms with E-state index in [1.54, 1.807) is 0 Å². The Bertz CT molecular complexity index is 508. The second-order valence-electron chi connectivity index (χ2n) is 11.7. The topological polar surface area (TPSA) is 66.4 Å². The summed E-state index contributed by atoms with van der Waals surface area (Å²) in [6, 6.07) is 0. The first-order valence-electron chi connectivity index (χ1n) is 15.7. The number of carboxylic acid groups (broad SMARTS) is 1. The third kappa shape index (κ3) is 27.5.